The van der Waals surface area contributed by atoms with Gasteiger partial charge in [-0.05, 0) is 56.1 Å². The molecular weight excluding hydrogens is 503 g/mol. The Balaban J connectivity index is 0.00000272. The van der Waals surface area contributed by atoms with Gasteiger partial charge in [-0.25, -0.2) is 0 Å². The van der Waals surface area contributed by atoms with Gasteiger partial charge in [0.2, 0.25) is 0 Å². The van der Waals surface area contributed by atoms with Crippen LogP contribution in [0.4, 0.5) is 0 Å². The van der Waals surface area contributed by atoms with Crippen molar-refractivity contribution in [2.24, 2.45) is 16.8 Å². The van der Waals surface area contributed by atoms with Gasteiger partial charge in [0.1, 0.15) is 5.76 Å². The van der Waals surface area contributed by atoms with Gasteiger partial charge in [0.05, 0.1) is 12.9 Å². The van der Waals surface area contributed by atoms with Gasteiger partial charge in [-0.15, -0.1) is 24.0 Å². The molecule has 176 valence electrons. The van der Waals surface area contributed by atoms with E-state index in [0.717, 1.165) is 56.3 Å². The first-order chi connectivity index (χ1) is 14.8. The number of halogens is 1. The van der Waals surface area contributed by atoms with E-state index in [1.54, 1.807) is 6.26 Å². The quantitative estimate of drug-likeness (QED) is 0.294. The zero-order valence-electron chi connectivity index (χ0n) is 18.9. The lowest BCUT2D eigenvalue weighted by molar-refractivity contribution is 0.150. The Morgan fingerprint density at radius 3 is 2.61 bits per heavy atom. The number of hydrogen-bond donors (Lipinski definition) is 2. The minimum Gasteiger partial charge on any atom is -0.469 e. The third-order valence-corrected chi connectivity index (χ3v) is 6.95. The van der Waals surface area contributed by atoms with Gasteiger partial charge in [-0.3, -0.25) is 4.99 Å². The highest BCUT2D eigenvalue weighted by molar-refractivity contribution is 14.0. The fourth-order valence-electron chi connectivity index (χ4n) is 5.05. The molecule has 0 bridgehead atoms. The second-order valence-electron chi connectivity index (χ2n) is 9.40. The van der Waals surface area contributed by atoms with E-state index in [-0.39, 0.29) is 24.0 Å². The first-order valence-corrected chi connectivity index (χ1v) is 12.2. The Bertz CT molecular complexity index is 620. The minimum atomic E-state index is 0. The van der Waals surface area contributed by atoms with E-state index >= 15 is 0 Å². The van der Waals surface area contributed by atoms with Crippen LogP contribution in [0.2, 0.25) is 0 Å². The molecule has 1 aromatic heterocycles. The van der Waals surface area contributed by atoms with E-state index in [4.69, 9.17) is 14.1 Å². The largest absolute Gasteiger partial charge is 0.469 e. The second-order valence-corrected chi connectivity index (χ2v) is 9.40. The lowest BCUT2D eigenvalue weighted by Crippen LogP contribution is -2.49. The Morgan fingerprint density at radius 1 is 1.06 bits per heavy atom. The molecule has 1 aromatic rings. The number of ether oxygens (including phenoxy) is 1. The van der Waals surface area contributed by atoms with Gasteiger partial charge >= 0.3 is 0 Å². The van der Waals surface area contributed by atoms with Crippen LogP contribution in [0.15, 0.2) is 27.8 Å². The molecule has 0 aromatic carbocycles. The summed E-state index contributed by atoms with van der Waals surface area (Å²) >= 11 is 0. The highest BCUT2D eigenvalue weighted by Gasteiger charge is 2.24. The molecule has 7 heteroatoms. The minimum absolute atomic E-state index is 0. The molecule has 0 radical (unpaired) electrons. The number of piperidine rings is 1. The normalized spacial score (nSPS) is 24.1. The van der Waals surface area contributed by atoms with Crippen LogP contribution in [0, 0.1) is 11.8 Å². The standard InChI is InChI=1S/C24H40N4O2.HI/c1-2-5-20(6-3-1)17-26-24(25-12-8-23-7-4-15-30-23)27-22-9-13-28(14-10-22)18-21-11-16-29-19-21;/h4,7,15,20-22H,1-3,5-6,8-14,16-19H2,(H2,25,26,27);1H. The molecule has 1 aliphatic carbocycles. The first-order valence-electron chi connectivity index (χ1n) is 12.2. The molecule has 2 saturated heterocycles. The Morgan fingerprint density at radius 2 is 1.90 bits per heavy atom. The van der Waals surface area contributed by atoms with Crippen LogP contribution in [0.5, 0.6) is 0 Å². The summed E-state index contributed by atoms with van der Waals surface area (Å²) in [5, 5.41) is 7.31. The van der Waals surface area contributed by atoms with E-state index in [9.17, 15) is 0 Å². The predicted octanol–water partition coefficient (Wildman–Crippen LogP) is 4.06. The second kappa shape index (κ2) is 13.7. The summed E-state index contributed by atoms with van der Waals surface area (Å²) in [5.74, 6) is 3.52. The lowest BCUT2D eigenvalue weighted by Gasteiger charge is -2.34. The molecule has 1 atom stereocenters. The van der Waals surface area contributed by atoms with E-state index in [0.29, 0.717) is 6.04 Å². The number of hydrogen-bond acceptors (Lipinski definition) is 4. The number of guanidine groups is 1. The monoisotopic (exact) mass is 544 g/mol. The van der Waals surface area contributed by atoms with Crippen LogP contribution in [0.25, 0.3) is 0 Å². The smallest absolute Gasteiger partial charge is 0.191 e. The lowest BCUT2D eigenvalue weighted by atomic mass is 9.89. The molecular formula is C24H41IN4O2. The number of nitrogens with one attached hydrogen (secondary N) is 2. The van der Waals surface area contributed by atoms with Crippen molar-refractivity contribution in [3.63, 3.8) is 0 Å². The maximum Gasteiger partial charge on any atom is 0.191 e. The van der Waals surface area contributed by atoms with Crippen LogP contribution in [-0.2, 0) is 11.2 Å². The van der Waals surface area contributed by atoms with Crippen molar-refractivity contribution < 1.29 is 9.15 Å². The fraction of sp³-hybridized carbons (Fsp3) is 0.792. The molecule has 4 rings (SSSR count). The molecule has 0 spiro atoms. The number of furan rings is 1. The average Bonchev–Trinajstić information content (AvgIpc) is 3.48. The number of rotatable bonds is 8. The highest BCUT2D eigenvalue weighted by atomic mass is 127. The summed E-state index contributed by atoms with van der Waals surface area (Å²) in [6.07, 6.45) is 13.1. The molecule has 0 amide bonds. The van der Waals surface area contributed by atoms with Crippen molar-refractivity contribution in [1.29, 1.82) is 0 Å². The van der Waals surface area contributed by atoms with Gasteiger partial charge in [0, 0.05) is 51.8 Å². The summed E-state index contributed by atoms with van der Waals surface area (Å²) in [6, 6.07) is 4.51. The van der Waals surface area contributed by atoms with E-state index in [2.05, 4.69) is 15.5 Å². The molecule has 31 heavy (non-hydrogen) atoms. The van der Waals surface area contributed by atoms with E-state index < -0.39 is 0 Å². The summed E-state index contributed by atoms with van der Waals surface area (Å²) in [6.45, 7) is 7.27. The number of likely N-dealkylation sites (tertiary alicyclic amines) is 1. The molecule has 2 N–H and O–H groups in total. The van der Waals surface area contributed by atoms with Crippen molar-refractivity contribution in [2.75, 3.05) is 45.9 Å². The van der Waals surface area contributed by atoms with Crippen LogP contribution in [-0.4, -0.2) is 62.8 Å². The van der Waals surface area contributed by atoms with Crippen LogP contribution >= 0.6 is 24.0 Å². The van der Waals surface area contributed by atoms with Gasteiger partial charge in [-0.2, -0.15) is 0 Å². The van der Waals surface area contributed by atoms with E-state index in [1.165, 1.54) is 71.0 Å². The van der Waals surface area contributed by atoms with Crippen molar-refractivity contribution >= 4 is 29.9 Å². The summed E-state index contributed by atoms with van der Waals surface area (Å²) in [4.78, 5) is 7.62. The third-order valence-electron chi connectivity index (χ3n) is 6.95. The van der Waals surface area contributed by atoms with Crippen LogP contribution < -0.4 is 10.6 Å². The summed E-state index contributed by atoms with van der Waals surface area (Å²) in [7, 11) is 0. The maximum absolute atomic E-state index is 5.54. The zero-order valence-corrected chi connectivity index (χ0v) is 21.2. The third kappa shape index (κ3) is 8.57. The van der Waals surface area contributed by atoms with Gasteiger partial charge in [-0.1, -0.05) is 19.3 Å². The van der Waals surface area contributed by atoms with Crippen LogP contribution in [0.1, 0.15) is 57.1 Å². The maximum atomic E-state index is 5.54. The summed E-state index contributed by atoms with van der Waals surface area (Å²) < 4.78 is 11.0. The van der Waals surface area contributed by atoms with Crippen molar-refractivity contribution in [3.05, 3.63) is 24.2 Å². The SMILES string of the molecule is I.c1coc(CCNC(=NCC2CCCCC2)NC2CCN(CC3CCOC3)CC2)c1. The van der Waals surface area contributed by atoms with Crippen LogP contribution in [0.3, 0.4) is 0 Å². The van der Waals surface area contributed by atoms with Gasteiger partial charge < -0.3 is 24.7 Å². The number of aliphatic imine (C=N–C) groups is 1. The highest BCUT2D eigenvalue weighted by Crippen LogP contribution is 2.23. The van der Waals surface area contributed by atoms with Gasteiger partial charge in [0.25, 0.3) is 0 Å². The Hall–Kier alpha value is -0.800. The predicted molar refractivity (Wildman–Crippen MR) is 136 cm³/mol. The molecule has 3 aliphatic rings. The molecule has 1 unspecified atom stereocenters. The average molecular weight is 545 g/mol. The summed E-state index contributed by atoms with van der Waals surface area (Å²) in [5.41, 5.74) is 0. The molecule has 2 aliphatic heterocycles. The fourth-order valence-corrected chi connectivity index (χ4v) is 5.05. The Kier molecular flexibility index (Phi) is 11.0. The zero-order chi connectivity index (χ0) is 20.4. The molecule has 3 fully saturated rings. The van der Waals surface area contributed by atoms with Gasteiger partial charge in [0.15, 0.2) is 5.96 Å². The van der Waals surface area contributed by atoms with Crippen molar-refractivity contribution in [1.82, 2.24) is 15.5 Å². The molecule has 6 nitrogen and oxygen atoms in total. The molecule has 1 saturated carbocycles. The Labute approximate surface area is 205 Å². The first kappa shape index (κ1) is 24.8. The topological polar surface area (TPSA) is 62.0 Å². The van der Waals surface area contributed by atoms with E-state index in [1.807, 2.05) is 12.1 Å². The number of nitrogens with zero attached hydrogens (tertiary/aromatic N) is 2. The van der Waals surface area contributed by atoms with Crippen molar-refractivity contribution in [2.45, 2.75) is 63.8 Å². The molecule has 3 heterocycles. The van der Waals surface area contributed by atoms with Crippen molar-refractivity contribution in [3.8, 4) is 0 Å².